The molecule has 0 aromatic carbocycles. The highest BCUT2D eigenvalue weighted by Gasteiger charge is 2.27. The Morgan fingerprint density at radius 3 is 2.55 bits per heavy atom. The van der Waals surface area contributed by atoms with E-state index in [1.807, 2.05) is 24.3 Å². The number of carbonyl (C=O) groups is 1. The minimum Gasteiger partial charge on any atom is -0.447 e. The topological polar surface area (TPSA) is 119 Å². The second-order valence-electron chi connectivity index (χ2n) is 8.53. The molecule has 0 aliphatic carbocycles. The third-order valence-corrected chi connectivity index (χ3v) is 6.64. The Hall–Kier alpha value is -3.21. The van der Waals surface area contributed by atoms with E-state index in [1.165, 1.54) is 6.07 Å². The number of likely N-dealkylation sites (tertiary alicyclic amines) is 1. The Morgan fingerprint density at radius 2 is 1.91 bits per heavy atom. The molecule has 1 fully saturated rings. The second kappa shape index (κ2) is 8.97. The van der Waals surface area contributed by atoms with Gasteiger partial charge in [-0.25, -0.2) is 28.2 Å². The number of amides is 1. The molecule has 4 heterocycles. The van der Waals surface area contributed by atoms with Gasteiger partial charge in [-0.3, -0.25) is 4.40 Å². The highest BCUT2D eigenvalue weighted by atomic mass is 32.2. The summed E-state index contributed by atoms with van der Waals surface area (Å²) in [7, 11) is -3.38. The number of hydrogen-bond donors (Lipinski definition) is 1. The monoisotopic (exact) mass is 472 g/mol. The van der Waals surface area contributed by atoms with Gasteiger partial charge in [0.2, 0.25) is 5.95 Å². The average molecular weight is 473 g/mol. The van der Waals surface area contributed by atoms with Crippen LogP contribution in [0.5, 0.6) is 0 Å². The van der Waals surface area contributed by atoms with Crippen LogP contribution >= 0.6 is 0 Å². The number of carbonyl (C=O) groups excluding carboxylic acids is 1. The molecule has 1 aliphatic rings. The number of ether oxygens (including phenoxy) is 1. The Labute approximate surface area is 192 Å². The molecule has 1 aliphatic heterocycles. The zero-order valence-corrected chi connectivity index (χ0v) is 20.0. The van der Waals surface area contributed by atoms with E-state index in [0.29, 0.717) is 30.4 Å². The van der Waals surface area contributed by atoms with Crippen LogP contribution in [0.2, 0.25) is 0 Å². The van der Waals surface area contributed by atoms with Gasteiger partial charge < -0.3 is 15.0 Å². The van der Waals surface area contributed by atoms with Gasteiger partial charge in [0.25, 0.3) is 0 Å². The summed E-state index contributed by atoms with van der Waals surface area (Å²) in [6.45, 7) is 6.69. The standard InChI is InChI=1S/C22H28N6O4S/c1-14(2)32-22(29)27-11-8-16(9-12-27)20-18-7-10-23-21(28(18)13-24-20)26-17-5-6-19(25-15(17)3)33(4,30)31/h5-7,10,13-14,16H,8-9,11-12H2,1-4H3,(H,23,26). The van der Waals surface area contributed by atoms with Crippen LogP contribution in [0.1, 0.15) is 44.0 Å². The Kier molecular flexibility index (Phi) is 6.24. The van der Waals surface area contributed by atoms with E-state index < -0.39 is 9.84 Å². The molecule has 33 heavy (non-hydrogen) atoms. The second-order valence-corrected chi connectivity index (χ2v) is 10.5. The molecule has 0 atom stereocenters. The number of piperidine rings is 1. The van der Waals surface area contributed by atoms with Crippen LogP contribution in [-0.2, 0) is 14.6 Å². The molecule has 0 unspecified atom stereocenters. The first-order chi connectivity index (χ1) is 15.6. The number of rotatable bonds is 5. The number of sulfone groups is 1. The number of anilines is 2. The van der Waals surface area contributed by atoms with Crippen LogP contribution < -0.4 is 5.32 Å². The molecule has 0 radical (unpaired) electrons. The predicted octanol–water partition coefficient (Wildman–Crippen LogP) is 3.30. The van der Waals surface area contributed by atoms with Gasteiger partial charge in [0.1, 0.15) is 6.33 Å². The number of nitrogens with zero attached hydrogens (tertiary/aromatic N) is 5. The van der Waals surface area contributed by atoms with Crippen LogP contribution in [0.3, 0.4) is 0 Å². The molecule has 3 aromatic rings. The van der Waals surface area contributed by atoms with E-state index in [2.05, 4.69) is 20.3 Å². The van der Waals surface area contributed by atoms with Gasteiger partial charge in [0.05, 0.1) is 28.7 Å². The number of imidazole rings is 1. The van der Waals surface area contributed by atoms with Crippen LogP contribution in [0.15, 0.2) is 35.7 Å². The molecule has 4 rings (SSSR count). The summed E-state index contributed by atoms with van der Waals surface area (Å²) >= 11 is 0. The number of hydrogen-bond acceptors (Lipinski definition) is 8. The number of nitrogens with one attached hydrogen (secondary N) is 1. The lowest BCUT2D eigenvalue weighted by Gasteiger charge is -2.31. The van der Waals surface area contributed by atoms with Gasteiger partial charge in [0.15, 0.2) is 14.9 Å². The first-order valence-corrected chi connectivity index (χ1v) is 12.7. The van der Waals surface area contributed by atoms with Crippen LogP contribution in [0.25, 0.3) is 5.52 Å². The summed E-state index contributed by atoms with van der Waals surface area (Å²) in [5.74, 6) is 0.784. The van der Waals surface area contributed by atoms with Crippen molar-refractivity contribution in [3.63, 3.8) is 0 Å². The molecule has 176 valence electrons. The Morgan fingerprint density at radius 1 is 1.18 bits per heavy atom. The minimum atomic E-state index is -3.38. The zero-order valence-electron chi connectivity index (χ0n) is 19.1. The smallest absolute Gasteiger partial charge is 0.410 e. The molecule has 11 heteroatoms. The van der Waals surface area contributed by atoms with E-state index in [-0.39, 0.29) is 23.1 Å². The molecule has 0 bridgehead atoms. The van der Waals surface area contributed by atoms with Crippen molar-refractivity contribution in [2.75, 3.05) is 24.7 Å². The van der Waals surface area contributed by atoms with Gasteiger partial charge in [0, 0.05) is 31.5 Å². The van der Waals surface area contributed by atoms with Gasteiger partial charge in [-0.05, 0) is 51.8 Å². The summed E-state index contributed by atoms with van der Waals surface area (Å²) in [4.78, 5) is 27.2. The SMILES string of the molecule is Cc1nc(S(C)(=O)=O)ccc1Nc1nccc2c(C3CCN(C(=O)OC(C)C)CC3)ncn12. The fourth-order valence-corrected chi connectivity index (χ4v) is 4.58. The minimum absolute atomic E-state index is 0.0326. The maximum absolute atomic E-state index is 12.2. The Balaban J connectivity index is 1.53. The largest absolute Gasteiger partial charge is 0.447 e. The van der Waals surface area contributed by atoms with Crippen molar-refractivity contribution in [1.82, 2.24) is 24.3 Å². The van der Waals surface area contributed by atoms with Crippen molar-refractivity contribution in [3.05, 3.63) is 42.1 Å². The maximum atomic E-state index is 12.2. The van der Waals surface area contributed by atoms with Gasteiger partial charge in [-0.1, -0.05) is 0 Å². The van der Waals surface area contributed by atoms with Crippen LogP contribution in [0, 0.1) is 6.92 Å². The van der Waals surface area contributed by atoms with Crippen molar-refractivity contribution in [2.24, 2.45) is 0 Å². The summed E-state index contributed by atoms with van der Waals surface area (Å²) in [6.07, 6.45) is 5.79. The number of aryl methyl sites for hydroxylation is 1. The van der Waals surface area contributed by atoms with Gasteiger partial charge >= 0.3 is 6.09 Å². The third kappa shape index (κ3) is 4.92. The summed E-state index contributed by atoms with van der Waals surface area (Å²) in [6, 6.07) is 5.08. The lowest BCUT2D eigenvalue weighted by Crippen LogP contribution is -2.39. The van der Waals surface area contributed by atoms with Crippen molar-refractivity contribution in [2.45, 2.75) is 50.7 Å². The van der Waals surface area contributed by atoms with E-state index in [4.69, 9.17) is 4.74 Å². The normalized spacial score (nSPS) is 15.2. The first kappa shape index (κ1) is 23.0. The predicted molar refractivity (Wildman–Crippen MR) is 124 cm³/mol. The van der Waals surface area contributed by atoms with Crippen molar-refractivity contribution in [1.29, 1.82) is 0 Å². The molecular formula is C22H28N6O4S. The molecule has 1 amide bonds. The third-order valence-electron chi connectivity index (χ3n) is 5.65. The van der Waals surface area contributed by atoms with E-state index in [9.17, 15) is 13.2 Å². The highest BCUT2D eigenvalue weighted by Crippen LogP contribution is 2.31. The maximum Gasteiger partial charge on any atom is 0.410 e. The van der Waals surface area contributed by atoms with Crippen molar-refractivity contribution in [3.8, 4) is 0 Å². The fourth-order valence-electron chi connectivity index (χ4n) is 3.96. The van der Waals surface area contributed by atoms with Crippen LogP contribution in [-0.4, -0.2) is 64.2 Å². The number of fused-ring (bicyclic) bond motifs is 1. The lowest BCUT2D eigenvalue weighted by molar-refractivity contribution is 0.0691. The van der Waals surface area contributed by atoms with E-state index in [0.717, 1.165) is 30.3 Å². The lowest BCUT2D eigenvalue weighted by atomic mass is 9.93. The van der Waals surface area contributed by atoms with Gasteiger partial charge in [-0.2, -0.15) is 0 Å². The van der Waals surface area contributed by atoms with Crippen LogP contribution in [0.4, 0.5) is 16.4 Å². The highest BCUT2D eigenvalue weighted by molar-refractivity contribution is 7.90. The quantitative estimate of drug-likeness (QED) is 0.601. The molecule has 10 nitrogen and oxygen atoms in total. The summed E-state index contributed by atoms with van der Waals surface area (Å²) in [5, 5.41) is 3.27. The Bertz CT molecular complexity index is 1280. The van der Waals surface area contributed by atoms with Gasteiger partial charge in [-0.15, -0.1) is 0 Å². The van der Waals surface area contributed by atoms with Crippen molar-refractivity contribution >= 4 is 33.1 Å². The fraction of sp³-hybridized carbons (Fsp3) is 0.455. The summed E-state index contributed by atoms with van der Waals surface area (Å²) in [5.41, 5.74) is 3.13. The van der Waals surface area contributed by atoms with E-state index in [1.54, 1.807) is 30.4 Å². The zero-order chi connectivity index (χ0) is 23.8. The number of pyridine rings is 1. The molecule has 1 N–H and O–H groups in total. The molecular weight excluding hydrogens is 444 g/mol. The molecule has 0 spiro atoms. The van der Waals surface area contributed by atoms with E-state index >= 15 is 0 Å². The average Bonchev–Trinajstić information content (AvgIpc) is 3.19. The molecule has 0 saturated carbocycles. The number of aromatic nitrogens is 4. The van der Waals surface area contributed by atoms with Crippen molar-refractivity contribution < 1.29 is 17.9 Å². The molecule has 1 saturated heterocycles. The molecule has 3 aromatic heterocycles. The summed E-state index contributed by atoms with van der Waals surface area (Å²) < 4.78 is 30.7. The first-order valence-electron chi connectivity index (χ1n) is 10.9.